The van der Waals surface area contributed by atoms with Crippen LogP contribution in [0.2, 0.25) is 0 Å². The van der Waals surface area contributed by atoms with E-state index in [1.54, 1.807) is 38.1 Å². The summed E-state index contributed by atoms with van der Waals surface area (Å²) in [6.45, 7) is 6.89. The smallest absolute Gasteiger partial charge is 0.323 e. The van der Waals surface area contributed by atoms with Crippen molar-refractivity contribution in [3.8, 4) is 0 Å². The molecular weight excluding hydrogens is 376 g/mol. The maximum absolute atomic E-state index is 12.9. The molecule has 1 aromatic rings. The van der Waals surface area contributed by atoms with E-state index in [-0.39, 0.29) is 24.3 Å². The fourth-order valence-electron chi connectivity index (χ4n) is 3.10. The van der Waals surface area contributed by atoms with E-state index in [1.807, 2.05) is 13.8 Å². The van der Waals surface area contributed by atoms with Crippen LogP contribution in [0.4, 0.5) is 16.2 Å². The molecule has 29 heavy (non-hydrogen) atoms. The van der Waals surface area contributed by atoms with Crippen molar-refractivity contribution in [2.24, 2.45) is 11.8 Å². The van der Waals surface area contributed by atoms with Gasteiger partial charge in [-0.05, 0) is 30.4 Å². The highest BCUT2D eigenvalue weighted by molar-refractivity contribution is 6.10. The largest absolute Gasteiger partial charge is 0.548 e. The van der Waals surface area contributed by atoms with Crippen LogP contribution in [0.25, 0.3) is 0 Å². The molecule has 0 bridgehead atoms. The molecular formula is C20H27N4O5-. The van der Waals surface area contributed by atoms with E-state index in [2.05, 4.69) is 16.0 Å². The number of aliphatic carboxylic acids is 1. The van der Waals surface area contributed by atoms with E-state index >= 15 is 0 Å². The van der Waals surface area contributed by atoms with Gasteiger partial charge in [0.25, 0.3) is 0 Å². The first-order valence-electron chi connectivity index (χ1n) is 9.58. The topological polar surface area (TPSA) is 131 Å². The number of carboxylic acids is 1. The molecule has 2 atom stereocenters. The van der Waals surface area contributed by atoms with Crippen LogP contribution in [-0.2, 0) is 14.4 Å². The molecule has 3 N–H and O–H groups in total. The predicted molar refractivity (Wildman–Crippen MR) is 106 cm³/mol. The third-order valence-corrected chi connectivity index (χ3v) is 4.56. The van der Waals surface area contributed by atoms with Crippen LogP contribution < -0.4 is 26.0 Å². The molecule has 0 fully saturated rings. The summed E-state index contributed by atoms with van der Waals surface area (Å²) in [5.74, 6) is -2.66. The first-order chi connectivity index (χ1) is 13.6. The van der Waals surface area contributed by atoms with Crippen molar-refractivity contribution >= 4 is 35.2 Å². The van der Waals surface area contributed by atoms with Crippen LogP contribution in [0.15, 0.2) is 24.3 Å². The molecule has 4 amide bonds. The fraction of sp³-hybridized carbons (Fsp3) is 0.500. The van der Waals surface area contributed by atoms with Crippen LogP contribution in [0, 0.1) is 11.8 Å². The zero-order valence-electron chi connectivity index (χ0n) is 17.0. The summed E-state index contributed by atoms with van der Waals surface area (Å²) in [5, 5.41) is 19.1. The minimum Gasteiger partial charge on any atom is -0.548 e. The average Bonchev–Trinajstić information content (AvgIpc) is 2.63. The number of carbonyl (C=O) groups is 4. The molecule has 2 rings (SSSR count). The number of carbonyl (C=O) groups excluding carboxylic acids is 4. The van der Waals surface area contributed by atoms with Crippen molar-refractivity contribution in [1.29, 1.82) is 0 Å². The first kappa shape index (κ1) is 22.2. The van der Waals surface area contributed by atoms with E-state index in [0.29, 0.717) is 17.8 Å². The number of fused-ring (bicyclic) bond motifs is 1. The number of rotatable bonds is 7. The number of hydrogen-bond acceptors (Lipinski definition) is 5. The van der Waals surface area contributed by atoms with E-state index < -0.39 is 30.0 Å². The lowest BCUT2D eigenvalue weighted by molar-refractivity contribution is -0.309. The van der Waals surface area contributed by atoms with Gasteiger partial charge >= 0.3 is 6.03 Å². The Balaban J connectivity index is 2.19. The number of benzene rings is 1. The SMILES string of the molecule is CC(C)C[C@H](NC(=O)N1CC(=O)Nc2ccccc21)C(=O)N[C@H](C(=O)[O-])C(C)C. The van der Waals surface area contributed by atoms with Crippen molar-refractivity contribution in [2.75, 3.05) is 16.8 Å². The number of urea groups is 1. The monoisotopic (exact) mass is 403 g/mol. The lowest BCUT2D eigenvalue weighted by Crippen LogP contribution is -2.58. The van der Waals surface area contributed by atoms with Gasteiger partial charge in [-0.2, -0.15) is 0 Å². The molecule has 1 aliphatic heterocycles. The Morgan fingerprint density at radius 1 is 1.14 bits per heavy atom. The Hall–Kier alpha value is -3.10. The number of amides is 4. The van der Waals surface area contributed by atoms with Gasteiger partial charge in [0.1, 0.15) is 12.6 Å². The summed E-state index contributed by atoms with van der Waals surface area (Å²) in [7, 11) is 0. The minimum atomic E-state index is -1.38. The van der Waals surface area contributed by atoms with Gasteiger partial charge in [0.05, 0.1) is 23.4 Å². The summed E-state index contributed by atoms with van der Waals surface area (Å²) in [4.78, 5) is 50.1. The van der Waals surface area contributed by atoms with Crippen molar-refractivity contribution in [2.45, 2.75) is 46.2 Å². The summed E-state index contributed by atoms with van der Waals surface area (Å²) in [6, 6.07) is 4.11. The quantitative estimate of drug-likeness (QED) is 0.609. The number of hydrogen-bond donors (Lipinski definition) is 3. The molecule has 0 unspecified atom stereocenters. The van der Waals surface area contributed by atoms with Gasteiger partial charge in [-0.3, -0.25) is 14.5 Å². The van der Waals surface area contributed by atoms with Crippen molar-refractivity contribution < 1.29 is 24.3 Å². The van der Waals surface area contributed by atoms with Gasteiger partial charge in [-0.25, -0.2) is 4.79 Å². The normalized spacial score (nSPS) is 15.4. The molecule has 0 aromatic heterocycles. The van der Waals surface area contributed by atoms with E-state index in [9.17, 15) is 24.3 Å². The van der Waals surface area contributed by atoms with E-state index in [4.69, 9.17) is 0 Å². The van der Waals surface area contributed by atoms with E-state index in [1.165, 1.54) is 4.90 Å². The number of para-hydroxylation sites is 2. The highest BCUT2D eigenvalue weighted by Crippen LogP contribution is 2.28. The van der Waals surface area contributed by atoms with Crippen LogP contribution in [0.1, 0.15) is 34.1 Å². The summed E-state index contributed by atoms with van der Waals surface area (Å²) < 4.78 is 0. The standard InChI is InChI=1S/C20H28N4O5/c1-11(2)9-14(18(26)23-17(12(3)4)19(27)28)22-20(29)24-10-16(25)21-13-7-5-6-8-15(13)24/h5-8,11-12,14,17H,9-10H2,1-4H3,(H,21,25)(H,22,29)(H,23,26)(H,27,28)/p-1/t14-,17-/m0/s1. The average molecular weight is 403 g/mol. The molecule has 0 aliphatic carbocycles. The zero-order chi connectivity index (χ0) is 21.7. The van der Waals surface area contributed by atoms with Gasteiger partial charge in [0.15, 0.2) is 0 Å². The molecule has 158 valence electrons. The Bertz CT molecular complexity index is 793. The summed E-state index contributed by atoms with van der Waals surface area (Å²) in [6.07, 6.45) is 0.303. The maximum atomic E-state index is 12.9. The molecule has 1 aromatic carbocycles. The molecule has 1 aliphatic rings. The maximum Gasteiger partial charge on any atom is 0.323 e. The molecule has 0 saturated carbocycles. The number of anilines is 2. The zero-order valence-corrected chi connectivity index (χ0v) is 17.0. The predicted octanol–water partition coefficient (Wildman–Crippen LogP) is 0.460. The first-order valence-corrected chi connectivity index (χ1v) is 9.58. The second kappa shape index (κ2) is 9.40. The third-order valence-electron chi connectivity index (χ3n) is 4.56. The van der Waals surface area contributed by atoms with Crippen LogP contribution in [0.3, 0.4) is 0 Å². The molecule has 0 saturated heterocycles. The van der Waals surface area contributed by atoms with Crippen LogP contribution >= 0.6 is 0 Å². The molecule has 9 nitrogen and oxygen atoms in total. The van der Waals surface area contributed by atoms with Gasteiger partial charge in [-0.1, -0.05) is 39.8 Å². The van der Waals surface area contributed by atoms with Crippen molar-refractivity contribution in [1.82, 2.24) is 10.6 Å². The second-order valence-corrected chi connectivity index (χ2v) is 7.83. The van der Waals surface area contributed by atoms with Crippen molar-refractivity contribution in [3.05, 3.63) is 24.3 Å². The Morgan fingerprint density at radius 3 is 2.38 bits per heavy atom. The second-order valence-electron chi connectivity index (χ2n) is 7.83. The van der Waals surface area contributed by atoms with Gasteiger partial charge < -0.3 is 25.9 Å². The lowest BCUT2D eigenvalue weighted by atomic mass is 10.0. The molecule has 0 radical (unpaired) electrons. The lowest BCUT2D eigenvalue weighted by Gasteiger charge is -2.32. The van der Waals surface area contributed by atoms with Gasteiger partial charge in [0, 0.05) is 0 Å². The fourth-order valence-corrected chi connectivity index (χ4v) is 3.10. The van der Waals surface area contributed by atoms with Gasteiger partial charge in [0.2, 0.25) is 11.8 Å². The number of carboxylic acid groups (broad SMARTS) is 1. The molecule has 1 heterocycles. The Labute approximate surface area is 169 Å². The van der Waals surface area contributed by atoms with E-state index in [0.717, 1.165) is 0 Å². The highest BCUT2D eigenvalue weighted by atomic mass is 16.4. The minimum absolute atomic E-state index is 0.0587. The van der Waals surface area contributed by atoms with Crippen LogP contribution in [-0.4, -0.2) is 42.4 Å². The summed E-state index contributed by atoms with van der Waals surface area (Å²) in [5.41, 5.74) is 1.02. The summed E-state index contributed by atoms with van der Waals surface area (Å²) >= 11 is 0. The Kier molecular flexibility index (Phi) is 7.19. The highest BCUT2D eigenvalue weighted by Gasteiger charge is 2.31. The molecule has 9 heteroatoms. The van der Waals surface area contributed by atoms with Crippen molar-refractivity contribution in [3.63, 3.8) is 0 Å². The Morgan fingerprint density at radius 2 is 1.79 bits per heavy atom. The van der Waals surface area contributed by atoms with Gasteiger partial charge in [-0.15, -0.1) is 0 Å². The third kappa shape index (κ3) is 5.69. The van der Waals surface area contributed by atoms with Crippen LogP contribution in [0.5, 0.6) is 0 Å². The number of nitrogens with zero attached hydrogens (tertiary/aromatic N) is 1. The molecule has 0 spiro atoms. The number of nitrogens with one attached hydrogen (secondary N) is 3.